The number of carboxylic acids is 1. The summed E-state index contributed by atoms with van der Waals surface area (Å²) in [5, 5.41) is 8.67. The van der Waals surface area contributed by atoms with Gasteiger partial charge in [-0.25, -0.2) is 4.79 Å². The minimum absolute atomic E-state index is 0.521. The SMILES string of the molecule is Cc1cc(C=CC(=O)O)cc(C)c1OCc1ccccc1. The average molecular weight is 282 g/mol. The summed E-state index contributed by atoms with van der Waals surface area (Å²) in [4.78, 5) is 10.6. The number of carboxylic acid groups (broad SMARTS) is 1. The summed E-state index contributed by atoms with van der Waals surface area (Å²) in [7, 11) is 0. The summed E-state index contributed by atoms with van der Waals surface area (Å²) in [6.45, 7) is 4.45. The Bertz CT molecular complexity index is 634. The van der Waals surface area contributed by atoms with Gasteiger partial charge in [-0.1, -0.05) is 30.3 Å². The van der Waals surface area contributed by atoms with E-state index in [2.05, 4.69) is 0 Å². The number of aliphatic carboxylic acids is 1. The highest BCUT2D eigenvalue weighted by atomic mass is 16.5. The highest BCUT2D eigenvalue weighted by Crippen LogP contribution is 2.26. The van der Waals surface area contributed by atoms with E-state index in [4.69, 9.17) is 9.84 Å². The van der Waals surface area contributed by atoms with E-state index in [0.717, 1.165) is 34.1 Å². The molecule has 0 fully saturated rings. The van der Waals surface area contributed by atoms with Gasteiger partial charge in [-0.15, -0.1) is 0 Å². The maximum atomic E-state index is 10.6. The van der Waals surface area contributed by atoms with Gasteiger partial charge < -0.3 is 9.84 Å². The van der Waals surface area contributed by atoms with Gasteiger partial charge in [0.25, 0.3) is 0 Å². The first kappa shape index (κ1) is 14.9. The van der Waals surface area contributed by atoms with E-state index in [1.165, 1.54) is 0 Å². The Hall–Kier alpha value is -2.55. The molecule has 0 aromatic heterocycles. The van der Waals surface area contributed by atoms with E-state index in [-0.39, 0.29) is 0 Å². The topological polar surface area (TPSA) is 46.5 Å². The van der Waals surface area contributed by atoms with Gasteiger partial charge in [0.15, 0.2) is 0 Å². The predicted molar refractivity (Wildman–Crippen MR) is 83.4 cm³/mol. The summed E-state index contributed by atoms with van der Waals surface area (Å²) in [5.41, 5.74) is 3.97. The van der Waals surface area contributed by atoms with Gasteiger partial charge in [0.2, 0.25) is 0 Å². The summed E-state index contributed by atoms with van der Waals surface area (Å²) < 4.78 is 5.89. The average Bonchev–Trinajstić information content (AvgIpc) is 2.45. The quantitative estimate of drug-likeness (QED) is 0.844. The van der Waals surface area contributed by atoms with Crippen LogP contribution in [0.2, 0.25) is 0 Å². The van der Waals surface area contributed by atoms with Gasteiger partial charge in [0, 0.05) is 6.08 Å². The van der Waals surface area contributed by atoms with Gasteiger partial charge in [0.05, 0.1) is 0 Å². The van der Waals surface area contributed by atoms with Crippen LogP contribution < -0.4 is 4.74 Å². The zero-order chi connectivity index (χ0) is 15.2. The molecule has 0 spiro atoms. The zero-order valence-corrected chi connectivity index (χ0v) is 12.2. The Morgan fingerprint density at radius 3 is 2.33 bits per heavy atom. The third-order valence-corrected chi connectivity index (χ3v) is 3.13. The van der Waals surface area contributed by atoms with Crippen molar-refractivity contribution in [2.45, 2.75) is 20.5 Å². The molecule has 0 aliphatic rings. The lowest BCUT2D eigenvalue weighted by Crippen LogP contribution is -1.99. The fourth-order valence-corrected chi connectivity index (χ4v) is 2.20. The molecule has 0 amide bonds. The third kappa shape index (κ3) is 4.21. The van der Waals surface area contributed by atoms with Crippen molar-refractivity contribution in [2.75, 3.05) is 0 Å². The van der Waals surface area contributed by atoms with Gasteiger partial charge in [-0.05, 0) is 54.3 Å². The van der Waals surface area contributed by atoms with Crippen LogP contribution in [0, 0.1) is 13.8 Å². The predicted octanol–water partition coefficient (Wildman–Crippen LogP) is 3.98. The summed E-state index contributed by atoms with van der Waals surface area (Å²) in [6.07, 6.45) is 2.72. The lowest BCUT2D eigenvalue weighted by molar-refractivity contribution is -0.131. The number of ether oxygens (including phenoxy) is 1. The summed E-state index contributed by atoms with van der Waals surface area (Å²) in [6, 6.07) is 13.8. The molecule has 1 N–H and O–H groups in total. The first-order valence-corrected chi connectivity index (χ1v) is 6.75. The first-order valence-electron chi connectivity index (χ1n) is 6.75. The highest BCUT2D eigenvalue weighted by Gasteiger charge is 2.06. The molecular formula is C18H18O3. The van der Waals surface area contributed by atoms with E-state index in [1.807, 2.05) is 56.3 Å². The van der Waals surface area contributed by atoms with E-state index < -0.39 is 5.97 Å². The molecule has 0 heterocycles. The van der Waals surface area contributed by atoms with Crippen LogP contribution in [0.15, 0.2) is 48.5 Å². The second-order valence-corrected chi connectivity index (χ2v) is 4.93. The van der Waals surface area contributed by atoms with Crippen molar-refractivity contribution >= 4 is 12.0 Å². The van der Waals surface area contributed by atoms with Crippen LogP contribution >= 0.6 is 0 Å². The van der Waals surface area contributed by atoms with Crippen LogP contribution in [-0.2, 0) is 11.4 Å². The summed E-state index contributed by atoms with van der Waals surface area (Å²) >= 11 is 0. The Balaban J connectivity index is 2.15. The number of rotatable bonds is 5. The molecule has 0 bridgehead atoms. The molecule has 108 valence electrons. The van der Waals surface area contributed by atoms with E-state index >= 15 is 0 Å². The van der Waals surface area contributed by atoms with Gasteiger partial charge in [-0.2, -0.15) is 0 Å². The number of carbonyl (C=O) groups is 1. The normalized spacial score (nSPS) is 10.8. The van der Waals surface area contributed by atoms with Crippen LogP contribution in [0.4, 0.5) is 0 Å². The second kappa shape index (κ2) is 6.75. The molecule has 2 aromatic carbocycles. The fourth-order valence-electron chi connectivity index (χ4n) is 2.20. The van der Waals surface area contributed by atoms with Crippen LogP contribution in [0.1, 0.15) is 22.3 Å². The minimum atomic E-state index is -0.949. The molecule has 0 unspecified atom stereocenters. The van der Waals surface area contributed by atoms with Crippen molar-refractivity contribution in [3.05, 3.63) is 70.8 Å². The standard InChI is InChI=1S/C18H18O3/c1-13-10-16(8-9-17(19)20)11-14(2)18(13)21-12-15-6-4-3-5-7-15/h3-11H,12H2,1-2H3,(H,19,20). The van der Waals surface area contributed by atoms with Crippen LogP contribution in [-0.4, -0.2) is 11.1 Å². The molecule has 3 heteroatoms. The lowest BCUT2D eigenvalue weighted by atomic mass is 10.1. The number of aryl methyl sites for hydroxylation is 2. The molecule has 21 heavy (non-hydrogen) atoms. The highest BCUT2D eigenvalue weighted by molar-refractivity contribution is 5.85. The maximum absolute atomic E-state index is 10.6. The minimum Gasteiger partial charge on any atom is -0.488 e. The van der Waals surface area contributed by atoms with Crippen LogP contribution in [0.5, 0.6) is 5.75 Å². The third-order valence-electron chi connectivity index (χ3n) is 3.13. The van der Waals surface area contributed by atoms with Gasteiger partial charge in [0.1, 0.15) is 12.4 Å². The molecule has 0 atom stereocenters. The number of hydrogen-bond acceptors (Lipinski definition) is 2. The smallest absolute Gasteiger partial charge is 0.328 e. The Morgan fingerprint density at radius 1 is 1.14 bits per heavy atom. The molecule has 0 aliphatic heterocycles. The molecule has 0 radical (unpaired) electrons. The molecule has 0 saturated heterocycles. The second-order valence-electron chi connectivity index (χ2n) is 4.93. The van der Waals surface area contributed by atoms with E-state index in [0.29, 0.717) is 6.61 Å². The molecule has 0 saturated carbocycles. The van der Waals surface area contributed by atoms with Crippen LogP contribution in [0.25, 0.3) is 6.08 Å². The van der Waals surface area contributed by atoms with Gasteiger partial charge in [-0.3, -0.25) is 0 Å². The molecule has 2 rings (SSSR count). The van der Waals surface area contributed by atoms with E-state index in [1.54, 1.807) is 6.08 Å². The number of benzene rings is 2. The Kier molecular flexibility index (Phi) is 4.77. The monoisotopic (exact) mass is 282 g/mol. The molecule has 0 aliphatic carbocycles. The molecular weight excluding hydrogens is 264 g/mol. The van der Waals surface area contributed by atoms with Gasteiger partial charge >= 0.3 is 5.97 Å². The summed E-state index contributed by atoms with van der Waals surface area (Å²) in [5.74, 6) is -0.0963. The molecule has 2 aromatic rings. The number of hydrogen-bond donors (Lipinski definition) is 1. The van der Waals surface area contributed by atoms with Crippen molar-refractivity contribution in [2.24, 2.45) is 0 Å². The Morgan fingerprint density at radius 2 is 1.76 bits per heavy atom. The van der Waals surface area contributed by atoms with Crippen molar-refractivity contribution in [1.82, 2.24) is 0 Å². The lowest BCUT2D eigenvalue weighted by Gasteiger charge is -2.13. The zero-order valence-electron chi connectivity index (χ0n) is 12.2. The van der Waals surface area contributed by atoms with Crippen molar-refractivity contribution in [3.63, 3.8) is 0 Å². The maximum Gasteiger partial charge on any atom is 0.328 e. The Labute approximate surface area is 124 Å². The van der Waals surface area contributed by atoms with Crippen molar-refractivity contribution < 1.29 is 14.6 Å². The van der Waals surface area contributed by atoms with Crippen LogP contribution in [0.3, 0.4) is 0 Å². The van der Waals surface area contributed by atoms with Crippen molar-refractivity contribution in [1.29, 1.82) is 0 Å². The van der Waals surface area contributed by atoms with Crippen molar-refractivity contribution in [3.8, 4) is 5.75 Å². The largest absolute Gasteiger partial charge is 0.488 e. The first-order chi connectivity index (χ1) is 10.1. The van der Waals surface area contributed by atoms with E-state index in [9.17, 15) is 4.79 Å². The molecule has 3 nitrogen and oxygen atoms in total. The fraction of sp³-hybridized carbons (Fsp3) is 0.167.